The SMILES string of the molecule is CC1(C)N([O])C(c2cc(C3=[N+]([O-])C(C)(C)C(C)(C)N3[O])c3cccccc2-3)=[N+]([O-])C1(C)C. The lowest BCUT2D eigenvalue weighted by atomic mass is 9.84. The number of hydrogen-bond acceptors (Lipinski definition) is 4. The molecule has 0 aromatic heterocycles. The fourth-order valence-corrected chi connectivity index (χ4v) is 4.34. The number of rotatable bonds is 2. The number of nitrogens with zero attached hydrogens (tertiary/aromatic N) is 4. The molecule has 0 bridgehead atoms. The van der Waals surface area contributed by atoms with Gasteiger partial charge in [0.05, 0.1) is 11.1 Å². The van der Waals surface area contributed by atoms with Gasteiger partial charge in [-0.2, -0.15) is 0 Å². The van der Waals surface area contributed by atoms with Crippen LogP contribution in [0.2, 0.25) is 0 Å². The molecule has 0 spiro atoms. The van der Waals surface area contributed by atoms with Gasteiger partial charge < -0.3 is 10.4 Å². The van der Waals surface area contributed by atoms with Crippen LogP contribution in [0.4, 0.5) is 0 Å². The third-order valence-corrected chi connectivity index (χ3v) is 8.18. The standard InChI is InChI=1S/C24H30N4O4/c1-21(2)22(3,4)26(30)19(25(21)29)17-14-18(16-13-11-9-10-12-15(16)17)20-27(31)23(5,6)24(7,8)28(20)32/h9-14H,1-8H3. The fourth-order valence-electron chi connectivity index (χ4n) is 4.34. The molecule has 0 aromatic carbocycles. The molecule has 4 rings (SSSR count). The summed E-state index contributed by atoms with van der Waals surface area (Å²) in [4.78, 5) is 0. The van der Waals surface area contributed by atoms with E-state index in [2.05, 4.69) is 0 Å². The van der Waals surface area contributed by atoms with Gasteiger partial charge in [0.1, 0.15) is 11.1 Å². The van der Waals surface area contributed by atoms with Crippen molar-refractivity contribution in [2.24, 2.45) is 0 Å². The maximum absolute atomic E-state index is 13.3. The summed E-state index contributed by atoms with van der Waals surface area (Å²) in [6, 6.07) is 10.7. The Morgan fingerprint density at radius 1 is 0.625 bits per heavy atom. The Hall–Kier alpha value is -2.84. The molecule has 2 radical (unpaired) electrons. The summed E-state index contributed by atoms with van der Waals surface area (Å²) in [5.41, 5.74) is -1.85. The van der Waals surface area contributed by atoms with Crippen LogP contribution in [0.25, 0.3) is 11.1 Å². The predicted octanol–water partition coefficient (Wildman–Crippen LogP) is 3.74. The summed E-state index contributed by atoms with van der Waals surface area (Å²) in [7, 11) is 0. The van der Waals surface area contributed by atoms with Crippen molar-refractivity contribution in [3.05, 3.63) is 57.9 Å². The van der Waals surface area contributed by atoms with Crippen LogP contribution in [0.5, 0.6) is 0 Å². The topological polar surface area (TPSA) is 98.4 Å². The Balaban J connectivity index is 2.04. The van der Waals surface area contributed by atoms with Crippen LogP contribution in [-0.2, 0) is 10.4 Å². The van der Waals surface area contributed by atoms with E-state index in [-0.39, 0.29) is 11.7 Å². The molecule has 8 nitrogen and oxygen atoms in total. The molecule has 32 heavy (non-hydrogen) atoms. The van der Waals surface area contributed by atoms with Crippen molar-refractivity contribution >= 4 is 11.7 Å². The molecule has 2 heterocycles. The van der Waals surface area contributed by atoms with E-state index in [0.29, 0.717) is 22.3 Å². The van der Waals surface area contributed by atoms with Gasteiger partial charge in [-0.15, -0.1) is 0 Å². The van der Waals surface area contributed by atoms with E-state index in [4.69, 9.17) is 0 Å². The molecule has 0 fully saturated rings. The average molecular weight is 439 g/mol. The highest BCUT2D eigenvalue weighted by molar-refractivity contribution is 6.12. The van der Waals surface area contributed by atoms with Gasteiger partial charge in [0, 0.05) is 10.4 Å². The lowest BCUT2D eigenvalue weighted by molar-refractivity contribution is -0.539. The average Bonchev–Trinajstić information content (AvgIpc) is 3.00. The first kappa shape index (κ1) is 22.4. The van der Waals surface area contributed by atoms with Crippen molar-refractivity contribution in [1.29, 1.82) is 0 Å². The molecular weight excluding hydrogens is 408 g/mol. The molecule has 0 N–H and O–H groups in total. The minimum Gasteiger partial charge on any atom is -0.714 e. The molecule has 170 valence electrons. The zero-order chi connectivity index (χ0) is 24.0. The number of hydroxylamine groups is 6. The molecule has 2 aliphatic carbocycles. The van der Waals surface area contributed by atoms with E-state index in [1.165, 1.54) is 0 Å². The van der Waals surface area contributed by atoms with Gasteiger partial charge in [-0.1, -0.05) is 40.5 Å². The molecule has 0 atom stereocenters. The maximum Gasteiger partial charge on any atom is 0.317 e. The molecule has 0 unspecified atom stereocenters. The Bertz CT molecular complexity index is 1060. The van der Waals surface area contributed by atoms with E-state index in [1.54, 1.807) is 73.6 Å². The van der Waals surface area contributed by atoms with Crippen molar-refractivity contribution in [2.45, 2.75) is 77.5 Å². The Labute approximate surface area is 188 Å². The van der Waals surface area contributed by atoms with Crippen LogP contribution in [0.3, 0.4) is 0 Å². The van der Waals surface area contributed by atoms with E-state index >= 15 is 0 Å². The van der Waals surface area contributed by atoms with Gasteiger partial charge in [0.15, 0.2) is 11.1 Å². The van der Waals surface area contributed by atoms with Crippen LogP contribution in [-0.4, -0.2) is 53.4 Å². The summed E-state index contributed by atoms with van der Waals surface area (Å²) in [6.45, 7) is 13.9. The third kappa shape index (κ3) is 2.45. The van der Waals surface area contributed by atoms with Crippen molar-refractivity contribution in [1.82, 2.24) is 10.1 Å². The van der Waals surface area contributed by atoms with Crippen molar-refractivity contribution in [3.8, 4) is 11.1 Å². The van der Waals surface area contributed by atoms with Crippen LogP contribution in [0.15, 0.2) is 36.4 Å². The summed E-state index contributed by atoms with van der Waals surface area (Å²) in [5.74, 6) is -0.0380. The van der Waals surface area contributed by atoms with Crippen molar-refractivity contribution in [3.63, 3.8) is 0 Å². The molecule has 0 saturated carbocycles. The highest BCUT2D eigenvalue weighted by atomic mass is 16.5. The first-order valence-corrected chi connectivity index (χ1v) is 10.8. The lowest BCUT2D eigenvalue weighted by Gasteiger charge is -2.32. The molecule has 0 saturated heterocycles. The molecule has 8 heteroatoms. The zero-order valence-corrected chi connectivity index (χ0v) is 19.9. The normalized spacial score (nSPS) is 23.6. The third-order valence-electron chi connectivity index (χ3n) is 8.18. The maximum atomic E-state index is 13.3. The Morgan fingerprint density at radius 3 is 1.25 bits per heavy atom. The van der Waals surface area contributed by atoms with Gasteiger partial charge in [0.25, 0.3) is 0 Å². The van der Waals surface area contributed by atoms with E-state index in [1.807, 2.05) is 18.2 Å². The molecule has 0 amide bonds. The highest BCUT2D eigenvalue weighted by Gasteiger charge is 2.62. The van der Waals surface area contributed by atoms with Gasteiger partial charge >= 0.3 is 11.7 Å². The molecule has 4 aliphatic rings. The van der Waals surface area contributed by atoms with Crippen LogP contribution < -0.4 is 0 Å². The summed E-state index contributed by atoms with van der Waals surface area (Å²) in [6.07, 6.45) is 0. The van der Waals surface area contributed by atoms with Crippen molar-refractivity contribution < 1.29 is 19.9 Å². The van der Waals surface area contributed by atoms with Crippen LogP contribution in [0, 0.1) is 10.4 Å². The molecule has 0 aromatic rings. The van der Waals surface area contributed by atoms with Gasteiger partial charge in [0.2, 0.25) is 0 Å². The van der Waals surface area contributed by atoms with E-state index in [0.717, 1.165) is 19.6 Å². The number of amidine groups is 2. The first-order chi connectivity index (χ1) is 14.6. The van der Waals surface area contributed by atoms with Crippen molar-refractivity contribution in [2.75, 3.05) is 0 Å². The van der Waals surface area contributed by atoms with Crippen LogP contribution >= 0.6 is 0 Å². The summed E-state index contributed by atoms with van der Waals surface area (Å²) in [5, 5.41) is 54.8. The van der Waals surface area contributed by atoms with Crippen LogP contribution in [0.1, 0.15) is 66.5 Å². The predicted molar refractivity (Wildman–Crippen MR) is 120 cm³/mol. The molecular formula is C24H30N4O4. The molecule has 2 aliphatic heterocycles. The highest BCUT2D eigenvalue weighted by Crippen LogP contribution is 2.44. The summed E-state index contributed by atoms with van der Waals surface area (Å²) >= 11 is 0. The monoisotopic (exact) mass is 438 g/mol. The lowest BCUT2D eigenvalue weighted by Crippen LogP contribution is -2.53. The second-order valence-electron chi connectivity index (χ2n) is 10.8. The smallest absolute Gasteiger partial charge is 0.317 e. The quantitative estimate of drug-likeness (QED) is 0.527. The van der Waals surface area contributed by atoms with Gasteiger partial charge in [-0.3, -0.25) is 9.48 Å². The zero-order valence-electron chi connectivity index (χ0n) is 19.9. The number of fused-ring (bicyclic) bond motifs is 1. The van der Waals surface area contributed by atoms with E-state index in [9.17, 15) is 20.8 Å². The fraction of sp³-hybridized carbons (Fsp3) is 0.500. The van der Waals surface area contributed by atoms with Gasteiger partial charge in [-0.25, -0.2) is 0 Å². The Morgan fingerprint density at radius 2 is 0.969 bits per heavy atom. The minimum atomic E-state index is -0.982. The first-order valence-electron chi connectivity index (χ1n) is 10.8. The van der Waals surface area contributed by atoms with E-state index < -0.39 is 22.2 Å². The van der Waals surface area contributed by atoms with Gasteiger partial charge in [-0.05, 0) is 72.6 Å². The summed E-state index contributed by atoms with van der Waals surface area (Å²) < 4.78 is 1.51. The largest absolute Gasteiger partial charge is 0.714 e. The minimum absolute atomic E-state index is 0.0190. The second-order valence-corrected chi connectivity index (χ2v) is 10.8. The number of hydrogen-bond donors (Lipinski definition) is 0. The second kappa shape index (κ2) is 6.36. The Kier molecular flexibility index (Phi) is 4.44.